The van der Waals surface area contributed by atoms with E-state index in [-0.39, 0.29) is 18.3 Å². The van der Waals surface area contributed by atoms with Crippen molar-refractivity contribution >= 4 is 18.3 Å². The molecule has 2 rings (SSSR count). The molecule has 0 aromatic heterocycles. The second-order valence-corrected chi connectivity index (χ2v) is 3.89. The summed E-state index contributed by atoms with van der Waals surface area (Å²) in [6.07, 6.45) is 0.818. The molecule has 0 unspecified atom stereocenters. The fourth-order valence-electron chi connectivity index (χ4n) is 1.66. The van der Waals surface area contributed by atoms with Crippen molar-refractivity contribution < 1.29 is 14.3 Å². The van der Waals surface area contributed by atoms with Gasteiger partial charge in [-0.05, 0) is 0 Å². The molecule has 1 amide bonds. The molecule has 6 heteroatoms. The van der Waals surface area contributed by atoms with Crippen LogP contribution < -0.4 is 5.32 Å². The van der Waals surface area contributed by atoms with Crippen molar-refractivity contribution in [3.05, 3.63) is 0 Å². The average molecular weight is 251 g/mol. The molecule has 0 aromatic carbocycles. The Morgan fingerprint density at radius 3 is 2.62 bits per heavy atom. The molecular formula is C10H19ClN2O3. The van der Waals surface area contributed by atoms with Crippen LogP contribution in [-0.2, 0) is 14.3 Å². The molecule has 2 aliphatic rings. The van der Waals surface area contributed by atoms with E-state index in [2.05, 4.69) is 5.32 Å². The normalized spacial score (nSPS) is 21.1. The van der Waals surface area contributed by atoms with Crippen molar-refractivity contribution in [1.29, 1.82) is 0 Å². The minimum atomic E-state index is 0. The summed E-state index contributed by atoms with van der Waals surface area (Å²) in [6, 6.07) is 0. The van der Waals surface area contributed by atoms with E-state index in [1.54, 1.807) is 0 Å². The fourth-order valence-corrected chi connectivity index (χ4v) is 1.66. The van der Waals surface area contributed by atoms with Gasteiger partial charge in [-0.2, -0.15) is 0 Å². The molecule has 0 radical (unpaired) electrons. The average Bonchev–Trinajstić information content (AvgIpc) is 2.23. The van der Waals surface area contributed by atoms with Crippen LogP contribution in [0.25, 0.3) is 0 Å². The number of hydrogen-bond acceptors (Lipinski definition) is 4. The first-order valence-corrected chi connectivity index (χ1v) is 5.54. The van der Waals surface area contributed by atoms with E-state index in [1.165, 1.54) is 0 Å². The highest BCUT2D eigenvalue weighted by Gasteiger charge is 2.19. The van der Waals surface area contributed by atoms with E-state index >= 15 is 0 Å². The Kier molecular flexibility index (Phi) is 6.05. The Morgan fingerprint density at radius 2 is 2.06 bits per heavy atom. The summed E-state index contributed by atoms with van der Waals surface area (Å²) in [5, 5.41) is 3.13. The van der Waals surface area contributed by atoms with Gasteiger partial charge < -0.3 is 19.7 Å². The van der Waals surface area contributed by atoms with Gasteiger partial charge in [0.2, 0.25) is 5.91 Å². The highest BCUT2D eigenvalue weighted by Crippen LogP contribution is 2.03. The van der Waals surface area contributed by atoms with Gasteiger partial charge in [-0.3, -0.25) is 4.79 Å². The molecule has 0 aromatic rings. The van der Waals surface area contributed by atoms with Crippen LogP contribution in [0.5, 0.6) is 0 Å². The van der Waals surface area contributed by atoms with Gasteiger partial charge in [0.15, 0.2) is 0 Å². The van der Waals surface area contributed by atoms with Gasteiger partial charge in [-0.1, -0.05) is 0 Å². The van der Waals surface area contributed by atoms with Crippen molar-refractivity contribution in [3.63, 3.8) is 0 Å². The zero-order valence-electron chi connectivity index (χ0n) is 9.31. The molecule has 2 fully saturated rings. The lowest BCUT2D eigenvalue weighted by atomic mass is 10.2. The van der Waals surface area contributed by atoms with Crippen LogP contribution in [0.1, 0.15) is 6.42 Å². The van der Waals surface area contributed by atoms with E-state index in [0.29, 0.717) is 32.3 Å². The lowest BCUT2D eigenvalue weighted by Crippen LogP contribution is -2.49. The maximum atomic E-state index is 11.7. The highest BCUT2D eigenvalue weighted by molar-refractivity contribution is 5.85. The summed E-state index contributed by atoms with van der Waals surface area (Å²) >= 11 is 0. The minimum Gasteiger partial charge on any atom is -0.378 e. The summed E-state index contributed by atoms with van der Waals surface area (Å²) in [6.45, 7) is 5.17. The third kappa shape index (κ3) is 3.90. The Morgan fingerprint density at radius 1 is 1.38 bits per heavy atom. The number of nitrogens with zero attached hydrogens (tertiary/aromatic N) is 1. The second kappa shape index (κ2) is 7.06. The number of rotatable bonds is 4. The van der Waals surface area contributed by atoms with E-state index in [9.17, 15) is 4.79 Å². The lowest BCUT2D eigenvalue weighted by molar-refractivity contribution is -0.137. The molecule has 0 atom stereocenters. The van der Waals surface area contributed by atoms with Gasteiger partial charge in [0.05, 0.1) is 32.3 Å². The number of ether oxygens (including phenoxy) is 2. The monoisotopic (exact) mass is 250 g/mol. The number of hydrogen-bond donors (Lipinski definition) is 1. The largest absolute Gasteiger partial charge is 0.378 e. The predicted octanol–water partition coefficient (Wildman–Crippen LogP) is -0.354. The molecule has 0 aliphatic carbocycles. The van der Waals surface area contributed by atoms with Crippen LogP contribution >= 0.6 is 12.4 Å². The van der Waals surface area contributed by atoms with Crippen molar-refractivity contribution in [2.75, 3.05) is 46.0 Å². The molecule has 1 N–H and O–H groups in total. The van der Waals surface area contributed by atoms with Crippen molar-refractivity contribution in [2.45, 2.75) is 12.5 Å². The van der Waals surface area contributed by atoms with Crippen LogP contribution in [0, 0.1) is 0 Å². The van der Waals surface area contributed by atoms with Crippen LogP contribution in [-0.4, -0.2) is 62.9 Å². The lowest BCUT2D eigenvalue weighted by Gasteiger charge is -2.29. The van der Waals surface area contributed by atoms with E-state index in [4.69, 9.17) is 9.47 Å². The highest BCUT2D eigenvalue weighted by atomic mass is 35.5. The quantitative estimate of drug-likeness (QED) is 0.741. The first-order valence-electron chi connectivity index (χ1n) is 5.54. The summed E-state index contributed by atoms with van der Waals surface area (Å²) in [5.74, 6) is 0.186. The fraction of sp³-hybridized carbons (Fsp3) is 0.900. The van der Waals surface area contributed by atoms with Crippen LogP contribution in [0.15, 0.2) is 0 Å². The molecule has 5 nitrogen and oxygen atoms in total. The van der Waals surface area contributed by atoms with Crippen LogP contribution in [0.2, 0.25) is 0 Å². The number of amides is 1. The third-order valence-electron chi connectivity index (χ3n) is 2.78. The van der Waals surface area contributed by atoms with Crippen molar-refractivity contribution in [1.82, 2.24) is 10.2 Å². The summed E-state index contributed by atoms with van der Waals surface area (Å²) in [7, 11) is 0. The topological polar surface area (TPSA) is 50.8 Å². The summed E-state index contributed by atoms with van der Waals surface area (Å²) in [4.78, 5) is 13.5. The molecule has 16 heavy (non-hydrogen) atoms. The zero-order chi connectivity index (χ0) is 10.5. The Hall–Kier alpha value is -0.360. The maximum absolute atomic E-state index is 11.7. The first-order chi connectivity index (χ1) is 7.36. The van der Waals surface area contributed by atoms with Gasteiger partial charge in [0.25, 0.3) is 0 Å². The smallest absolute Gasteiger partial charge is 0.225 e. The molecule has 2 heterocycles. The third-order valence-corrected chi connectivity index (χ3v) is 2.78. The van der Waals surface area contributed by atoms with E-state index in [1.807, 2.05) is 4.90 Å². The van der Waals surface area contributed by atoms with Gasteiger partial charge in [-0.25, -0.2) is 0 Å². The van der Waals surface area contributed by atoms with Gasteiger partial charge >= 0.3 is 0 Å². The molecule has 0 bridgehead atoms. The molecule has 0 saturated carbocycles. The number of morpholine rings is 1. The number of carbonyl (C=O) groups is 1. The van der Waals surface area contributed by atoms with E-state index < -0.39 is 0 Å². The standard InChI is InChI=1S/C10H18N2O3.ClH/c13-10(12-2-5-14-6-3-12)1-4-15-9-7-11-8-9;/h9,11H,1-8H2;1H. The predicted molar refractivity (Wildman–Crippen MR) is 61.9 cm³/mol. The SMILES string of the molecule is Cl.O=C(CCOC1CNC1)N1CCOCC1. The minimum absolute atomic E-state index is 0. The Bertz CT molecular complexity index is 218. The van der Waals surface area contributed by atoms with Gasteiger partial charge in [0, 0.05) is 26.2 Å². The maximum Gasteiger partial charge on any atom is 0.225 e. The second-order valence-electron chi connectivity index (χ2n) is 3.89. The van der Waals surface area contributed by atoms with Gasteiger partial charge in [-0.15, -0.1) is 12.4 Å². The summed E-state index contributed by atoms with van der Waals surface area (Å²) < 4.78 is 10.7. The molecular weight excluding hydrogens is 232 g/mol. The Balaban J connectivity index is 0.00000128. The van der Waals surface area contributed by atoms with Crippen molar-refractivity contribution in [2.24, 2.45) is 0 Å². The summed E-state index contributed by atoms with van der Waals surface area (Å²) in [5.41, 5.74) is 0. The number of nitrogens with one attached hydrogen (secondary N) is 1. The Labute approximate surface area is 102 Å². The van der Waals surface area contributed by atoms with Gasteiger partial charge in [0.1, 0.15) is 0 Å². The molecule has 2 saturated heterocycles. The molecule has 2 aliphatic heterocycles. The number of carbonyl (C=O) groups excluding carboxylic acids is 1. The number of halogens is 1. The zero-order valence-corrected chi connectivity index (χ0v) is 10.1. The van der Waals surface area contributed by atoms with E-state index in [0.717, 1.165) is 26.2 Å². The van der Waals surface area contributed by atoms with Crippen molar-refractivity contribution in [3.8, 4) is 0 Å². The molecule has 0 spiro atoms. The molecule has 94 valence electrons. The van der Waals surface area contributed by atoms with Crippen LogP contribution in [0.4, 0.5) is 0 Å². The van der Waals surface area contributed by atoms with Crippen LogP contribution in [0.3, 0.4) is 0 Å². The first kappa shape index (κ1) is 13.7.